The maximum atomic E-state index is 14.8. The van der Waals surface area contributed by atoms with Crippen LogP contribution in [0, 0.1) is 18.2 Å². The molecular formula is C25H28FN3O2. The molecular weight excluding hydrogens is 393 g/mol. The first kappa shape index (κ1) is 21.2. The molecule has 1 aliphatic heterocycles. The third-order valence-electron chi connectivity index (χ3n) is 6.40. The van der Waals surface area contributed by atoms with Gasteiger partial charge in [-0.05, 0) is 72.8 Å². The monoisotopic (exact) mass is 421 g/mol. The van der Waals surface area contributed by atoms with Crippen LogP contribution in [0.3, 0.4) is 0 Å². The van der Waals surface area contributed by atoms with E-state index in [9.17, 15) is 14.3 Å². The molecule has 0 spiro atoms. The molecule has 31 heavy (non-hydrogen) atoms. The van der Waals surface area contributed by atoms with Crippen molar-refractivity contribution in [2.24, 2.45) is 0 Å². The number of amides is 1. The molecule has 2 aromatic carbocycles. The third kappa shape index (κ3) is 4.12. The van der Waals surface area contributed by atoms with E-state index in [0.717, 1.165) is 36.0 Å². The Labute approximate surface area is 182 Å². The van der Waals surface area contributed by atoms with Crippen LogP contribution in [0.4, 0.5) is 4.39 Å². The molecule has 2 aromatic rings. The van der Waals surface area contributed by atoms with Crippen LogP contribution in [-0.2, 0) is 13.0 Å². The summed E-state index contributed by atoms with van der Waals surface area (Å²) in [6.45, 7) is 2.51. The Bertz CT molecular complexity index is 1060. The van der Waals surface area contributed by atoms with Crippen molar-refractivity contribution < 1.29 is 14.3 Å². The van der Waals surface area contributed by atoms with Crippen molar-refractivity contribution in [3.63, 3.8) is 0 Å². The van der Waals surface area contributed by atoms with Gasteiger partial charge in [-0.25, -0.2) is 4.39 Å². The van der Waals surface area contributed by atoms with Crippen LogP contribution in [0.2, 0.25) is 0 Å². The van der Waals surface area contributed by atoms with Gasteiger partial charge in [0.15, 0.2) is 0 Å². The Hall–Kier alpha value is -2.99. The van der Waals surface area contributed by atoms with E-state index in [1.54, 1.807) is 36.4 Å². The molecule has 1 saturated carbocycles. The van der Waals surface area contributed by atoms with E-state index in [-0.39, 0.29) is 23.5 Å². The summed E-state index contributed by atoms with van der Waals surface area (Å²) in [5.41, 5.74) is 4.85. The zero-order valence-electron chi connectivity index (χ0n) is 17.9. The first-order valence-electron chi connectivity index (χ1n) is 10.7. The first-order chi connectivity index (χ1) is 14.9. The number of rotatable bonds is 6. The second-order valence-electron chi connectivity index (χ2n) is 8.45. The fraction of sp³-hybridized carbons (Fsp3) is 0.360. The average molecular weight is 422 g/mol. The fourth-order valence-electron chi connectivity index (χ4n) is 4.62. The molecule has 4 rings (SSSR count). The van der Waals surface area contributed by atoms with Gasteiger partial charge in [0.2, 0.25) is 0 Å². The van der Waals surface area contributed by atoms with Crippen LogP contribution in [0.5, 0.6) is 0 Å². The summed E-state index contributed by atoms with van der Waals surface area (Å²) in [7, 11) is 1.74. The number of fused-ring (bicyclic) bond motifs is 1. The Balaban J connectivity index is 1.56. The highest BCUT2D eigenvalue weighted by Gasteiger charge is 2.38. The van der Waals surface area contributed by atoms with Gasteiger partial charge in [-0.15, -0.1) is 0 Å². The maximum absolute atomic E-state index is 14.8. The molecule has 1 fully saturated rings. The summed E-state index contributed by atoms with van der Waals surface area (Å²) in [6, 6.07) is 8.64. The van der Waals surface area contributed by atoms with Gasteiger partial charge in [0.25, 0.3) is 5.91 Å². The second-order valence-corrected chi connectivity index (χ2v) is 8.45. The summed E-state index contributed by atoms with van der Waals surface area (Å²) in [6.07, 6.45) is 5.66. The van der Waals surface area contributed by atoms with Crippen molar-refractivity contribution in [3.8, 4) is 0 Å². The molecule has 162 valence electrons. The Morgan fingerprint density at radius 1 is 1.29 bits per heavy atom. The lowest BCUT2D eigenvalue weighted by atomic mass is 9.94. The van der Waals surface area contributed by atoms with E-state index in [1.165, 1.54) is 6.07 Å². The third-order valence-corrected chi connectivity index (χ3v) is 6.40. The lowest BCUT2D eigenvalue weighted by Crippen LogP contribution is -2.40. The molecule has 0 bridgehead atoms. The number of allylic oxidation sites excluding steroid dienone is 1. The van der Waals surface area contributed by atoms with E-state index >= 15 is 0 Å². The molecule has 0 saturated heterocycles. The van der Waals surface area contributed by atoms with Crippen molar-refractivity contribution in [1.82, 2.24) is 10.2 Å². The number of aryl methyl sites for hydroxylation is 1. The van der Waals surface area contributed by atoms with Gasteiger partial charge < -0.3 is 20.7 Å². The lowest BCUT2D eigenvalue weighted by Gasteiger charge is -2.26. The van der Waals surface area contributed by atoms with Crippen molar-refractivity contribution >= 4 is 11.6 Å². The molecule has 0 aromatic heterocycles. The largest absolute Gasteiger partial charge is 0.394 e. The Morgan fingerprint density at radius 3 is 2.77 bits per heavy atom. The number of benzene rings is 2. The molecule has 1 heterocycles. The van der Waals surface area contributed by atoms with E-state index in [1.807, 2.05) is 19.1 Å². The van der Waals surface area contributed by atoms with Gasteiger partial charge in [0.1, 0.15) is 5.82 Å². The summed E-state index contributed by atoms with van der Waals surface area (Å²) in [4.78, 5) is 14.8. The van der Waals surface area contributed by atoms with Crippen molar-refractivity contribution in [1.29, 1.82) is 5.41 Å². The molecule has 3 N–H and O–H groups in total. The first-order valence-corrected chi connectivity index (χ1v) is 10.7. The van der Waals surface area contributed by atoms with Crippen molar-refractivity contribution in [3.05, 3.63) is 81.8 Å². The van der Waals surface area contributed by atoms with Gasteiger partial charge in [-0.3, -0.25) is 4.79 Å². The zero-order valence-corrected chi connectivity index (χ0v) is 17.9. The standard InChI is InChI=1S/C25H28FN3O2/c1-15-10-19-14-29(23-4-3-5-24(23)30)25(31)20(19)12-18(15)11-16-6-7-17(13-21(16)26)22(27)8-9-28-2/h6-10,12-13,23-24,27-28,30H,3-5,11,14H2,1-2H3/b9-8-,27-22?/t23-,24-/m0/s1. The van der Waals surface area contributed by atoms with Crippen LogP contribution in [0.25, 0.3) is 0 Å². The van der Waals surface area contributed by atoms with Crippen LogP contribution in [0.15, 0.2) is 42.6 Å². The number of carbonyl (C=O) groups is 1. The smallest absolute Gasteiger partial charge is 0.254 e. The predicted octanol–water partition coefficient (Wildman–Crippen LogP) is 3.70. The number of hydrogen-bond donors (Lipinski definition) is 3. The second kappa shape index (κ2) is 8.63. The SMILES string of the molecule is CN/C=C\C(=N)c1ccc(Cc2cc3c(cc2C)CN([C@H]2CCC[C@@H]2O)C3=O)c(F)c1. The molecule has 1 amide bonds. The number of hydrogen-bond acceptors (Lipinski definition) is 4. The van der Waals surface area contributed by atoms with E-state index in [4.69, 9.17) is 5.41 Å². The topological polar surface area (TPSA) is 76.4 Å². The number of aliphatic hydroxyl groups is 1. The molecule has 1 aliphatic carbocycles. The Morgan fingerprint density at radius 2 is 2.10 bits per heavy atom. The van der Waals surface area contributed by atoms with E-state index in [2.05, 4.69) is 5.32 Å². The number of carbonyl (C=O) groups excluding carboxylic acids is 1. The number of aliphatic hydroxyl groups excluding tert-OH is 1. The van der Waals surface area contributed by atoms with Gasteiger partial charge in [-0.2, -0.15) is 0 Å². The van der Waals surface area contributed by atoms with Crippen LogP contribution >= 0.6 is 0 Å². The summed E-state index contributed by atoms with van der Waals surface area (Å²) >= 11 is 0. The fourth-order valence-corrected chi connectivity index (χ4v) is 4.62. The van der Waals surface area contributed by atoms with Crippen molar-refractivity contribution in [2.75, 3.05) is 7.05 Å². The van der Waals surface area contributed by atoms with E-state index in [0.29, 0.717) is 29.7 Å². The quantitative estimate of drug-likeness (QED) is 0.623. The molecule has 0 unspecified atom stereocenters. The molecule has 0 radical (unpaired) electrons. The molecule has 2 aliphatic rings. The minimum Gasteiger partial charge on any atom is -0.394 e. The highest BCUT2D eigenvalue weighted by atomic mass is 19.1. The average Bonchev–Trinajstić information content (AvgIpc) is 3.30. The molecule has 2 atom stereocenters. The summed E-state index contributed by atoms with van der Waals surface area (Å²) in [5.74, 6) is -0.398. The Kier molecular flexibility index (Phi) is 5.92. The minimum atomic E-state index is -0.451. The minimum absolute atomic E-state index is 0.0391. The molecule has 6 heteroatoms. The predicted molar refractivity (Wildman–Crippen MR) is 119 cm³/mol. The van der Waals surface area contributed by atoms with E-state index < -0.39 is 6.10 Å². The lowest BCUT2D eigenvalue weighted by molar-refractivity contribution is 0.0479. The van der Waals surface area contributed by atoms with Gasteiger partial charge in [-0.1, -0.05) is 18.2 Å². The summed E-state index contributed by atoms with van der Waals surface area (Å²) in [5, 5.41) is 21.1. The van der Waals surface area contributed by atoms with Crippen molar-refractivity contribution in [2.45, 2.75) is 51.3 Å². The number of nitrogens with zero attached hydrogens (tertiary/aromatic N) is 1. The number of nitrogens with one attached hydrogen (secondary N) is 2. The number of halogens is 1. The molecule has 5 nitrogen and oxygen atoms in total. The maximum Gasteiger partial charge on any atom is 0.254 e. The van der Waals surface area contributed by atoms with Crippen LogP contribution < -0.4 is 5.32 Å². The van der Waals surface area contributed by atoms with Gasteiger partial charge in [0, 0.05) is 31.1 Å². The highest BCUT2D eigenvalue weighted by Crippen LogP contribution is 2.34. The van der Waals surface area contributed by atoms with Gasteiger partial charge >= 0.3 is 0 Å². The highest BCUT2D eigenvalue weighted by molar-refractivity contribution is 6.06. The normalized spacial score (nSPS) is 20.5. The van der Waals surface area contributed by atoms with Gasteiger partial charge in [0.05, 0.1) is 17.9 Å². The van der Waals surface area contributed by atoms with Crippen LogP contribution in [-0.4, -0.2) is 40.8 Å². The zero-order chi connectivity index (χ0) is 22.1. The van der Waals surface area contributed by atoms with Crippen LogP contribution in [0.1, 0.15) is 57.4 Å². The summed E-state index contributed by atoms with van der Waals surface area (Å²) < 4.78 is 14.8.